The summed E-state index contributed by atoms with van der Waals surface area (Å²) < 4.78 is 5.89. The van der Waals surface area contributed by atoms with Gasteiger partial charge in [0.05, 0.1) is 22.3 Å². The summed E-state index contributed by atoms with van der Waals surface area (Å²) in [6, 6.07) is 16.1. The summed E-state index contributed by atoms with van der Waals surface area (Å²) in [7, 11) is 4.04. The number of ether oxygens (including phenoxy) is 1. The van der Waals surface area contributed by atoms with Gasteiger partial charge in [0.1, 0.15) is 23.7 Å². The maximum absolute atomic E-state index is 11.8. The molecule has 5 heterocycles. The number of nitrogens with one attached hydrogen (secondary N) is 2. The van der Waals surface area contributed by atoms with Crippen LogP contribution in [0.1, 0.15) is 16.6 Å². The van der Waals surface area contributed by atoms with Crippen LogP contribution in [0.4, 0.5) is 0 Å². The second kappa shape index (κ2) is 9.85. The van der Waals surface area contributed by atoms with E-state index in [-0.39, 0.29) is 5.78 Å². The van der Waals surface area contributed by atoms with Crippen LogP contribution in [0.3, 0.4) is 0 Å². The summed E-state index contributed by atoms with van der Waals surface area (Å²) in [6.45, 7) is 3.02. The Bertz CT molecular complexity index is 1780. The zero-order chi connectivity index (χ0) is 26.2. The van der Waals surface area contributed by atoms with E-state index < -0.39 is 0 Å². The molecule has 0 aliphatic carbocycles. The highest BCUT2D eigenvalue weighted by atomic mass is 32.1. The van der Waals surface area contributed by atoms with E-state index in [9.17, 15) is 4.79 Å². The van der Waals surface area contributed by atoms with Gasteiger partial charge in [-0.15, -0.1) is 11.3 Å². The third-order valence-electron chi connectivity index (χ3n) is 6.42. The number of H-pyrrole nitrogens is 2. The molecule has 1 aromatic carbocycles. The smallest absolute Gasteiger partial charge is 0.169 e. The lowest BCUT2D eigenvalue weighted by Crippen LogP contribution is -2.19. The van der Waals surface area contributed by atoms with Gasteiger partial charge >= 0.3 is 0 Å². The number of hydrogen-bond donors (Lipinski definition) is 2. The molecule has 0 radical (unpaired) electrons. The molecule has 0 aliphatic heterocycles. The van der Waals surface area contributed by atoms with Gasteiger partial charge in [0.15, 0.2) is 5.78 Å². The molecule has 2 N–H and O–H groups in total. The molecule has 6 aromatic rings. The van der Waals surface area contributed by atoms with E-state index in [1.165, 1.54) is 11.3 Å². The SMILES string of the molecule is CC(=O)c1ccc(-c2ccnc3[nH]c(-c4n[nH]c5ccc(-c6cncc(OCCN(C)C)c6)cc45)cc23)s1. The van der Waals surface area contributed by atoms with Crippen LogP contribution in [0.15, 0.2) is 67.1 Å². The molecular weight excluding hydrogens is 496 g/mol. The van der Waals surface area contributed by atoms with E-state index in [4.69, 9.17) is 4.74 Å². The van der Waals surface area contributed by atoms with E-state index in [1.54, 1.807) is 19.3 Å². The fourth-order valence-electron chi connectivity index (χ4n) is 4.44. The Morgan fingerprint density at radius 3 is 2.74 bits per heavy atom. The monoisotopic (exact) mass is 522 g/mol. The van der Waals surface area contributed by atoms with Crippen molar-refractivity contribution in [3.05, 3.63) is 72.0 Å². The minimum atomic E-state index is 0.0703. The number of thiophene rings is 1. The third kappa shape index (κ3) is 4.57. The first kappa shape index (κ1) is 24.0. The number of nitrogens with zero attached hydrogens (tertiary/aromatic N) is 4. The molecule has 6 rings (SSSR count). The first-order valence-electron chi connectivity index (χ1n) is 12.3. The molecular formula is C29H26N6O2S. The van der Waals surface area contributed by atoms with Crippen molar-refractivity contribution in [2.45, 2.75) is 6.92 Å². The van der Waals surface area contributed by atoms with Gasteiger partial charge in [0.2, 0.25) is 0 Å². The van der Waals surface area contributed by atoms with Crippen molar-refractivity contribution < 1.29 is 9.53 Å². The number of aromatic nitrogens is 5. The number of likely N-dealkylation sites (N-methyl/N-ethyl adjacent to an activating group) is 1. The number of aromatic amines is 2. The van der Waals surface area contributed by atoms with Crippen LogP contribution in [0.25, 0.3) is 54.9 Å². The van der Waals surface area contributed by atoms with E-state index >= 15 is 0 Å². The summed E-state index contributed by atoms with van der Waals surface area (Å²) in [6.07, 6.45) is 5.37. The average molecular weight is 523 g/mol. The normalized spacial score (nSPS) is 11.6. The number of hydrogen-bond acceptors (Lipinski definition) is 7. The predicted octanol–water partition coefficient (Wildman–Crippen LogP) is 6.04. The quantitative estimate of drug-likeness (QED) is 0.237. The predicted molar refractivity (Wildman–Crippen MR) is 152 cm³/mol. The van der Waals surface area contributed by atoms with Crippen molar-refractivity contribution in [1.29, 1.82) is 0 Å². The third-order valence-corrected chi connectivity index (χ3v) is 7.64. The molecule has 8 nitrogen and oxygen atoms in total. The lowest BCUT2D eigenvalue weighted by molar-refractivity contribution is 0.102. The van der Waals surface area contributed by atoms with Crippen LogP contribution in [-0.4, -0.2) is 63.1 Å². The van der Waals surface area contributed by atoms with E-state index in [0.717, 1.165) is 72.1 Å². The Morgan fingerprint density at radius 2 is 1.92 bits per heavy atom. The molecule has 0 atom stereocenters. The maximum atomic E-state index is 11.8. The molecule has 0 spiro atoms. The van der Waals surface area contributed by atoms with Crippen LogP contribution in [0, 0.1) is 0 Å². The van der Waals surface area contributed by atoms with Crippen molar-refractivity contribution in [3.8, 4) is 38.7 Å². The van der Waals surface area contributed by atoms with Crippen LogP contribution in [-0.2, 0) is 0 Å². The molecule has 0 amide bonds. The van der Waals surface area contributed by atoms with Crippen molar-refractivity contribution >= 4 is 39.1 Å². The fourth-order valence-corrected chi connectivity index (χ4v) is 5.38. The van der Waals surface area contributed by atoms with Crippen molar-refractivity contribution in [3.63, 3.8) is 0 Å². The summed E-state index contributed by atoms with van der Waals surface area (Å²) in [5.41, 5.74) is 6.42. The van der Waals surface area contributed by atoms with Crippen molar-refractivity contribution in [1.82, 2.24) is 30.0 Å². The van der Waals surface area contributed by atoms with Gasteiger partial charge in [-0.05, 0) is 69.0 Å². The number of fused-ring (bicyclic) bond motifs is 2. The van der Waals surface area contributed by atoms with Crippen LogP contribution in [0.5, 0.6) is 5.75 Å². The average Bonchev–Trinajstić information content (AvgIpc) is 3.66. The summed E-state index contributed by atoms with van der Waals surface area (Å²) in [5.74, 6) is 0.813. The Balaban J connectivity index is 1.37. The second-order valence-electron chi connectivity index (χ2n) is 9.42. The Hall–Kier alpha value is -4.34. The molecule has 0 bridgehead atoms. The van der Waals surface area contributed by atoms with Gasteiger partial charge in [0.25, 0.3) is 0 Å². The molecule has 0 saturated heterocycles. The number of pyridine rings is 2. The van der Waals surface area contributed by atoms with Crippen LogP contribution < -0.4 is 4.74 Å². The lowest BCUT2D eigenvalue weighted by Gasteiger charge is -2.11. The summed E-state index contributed by atoms with van der Waals surface area (Å²) in [4.78, 5) is 28.1. The highest BCUT2D eigenvalue weighted by Gasteiger charge is 2.16. The number of benzene rings is 1. The standard InChI is InChI=1S/C29H26N6O2S/c1-17(36)26-6-7-27(38-26)21-8-9-31-29-22(21)14-25(32-29)28-23-13-18(4-5-24(23)33-34-28)19-12-20(16-30-15-19)37-11-10-35(2)3/h4-9,12-16H,10-11H2,1-3H3,(H,31,32)(H,33,34). The van der Waals surface area contributed by atoms with Gasteiger partial charge in [-0.25, -0.2) is 4.98 Å². The first-order chi connectivity index (χ1) is 18.5. The molecule has 190 valence electrons. The zero-order valence-electron chi connectivity index (χ0n) is 21.3. The highest BCUT2D eigenvalue weighted by molar-refractivity contribution is 7.17. The first-order valence-corrected chi connectivity index (χ1v) is 13.1. The number of Topliss-reactive ketones (excluding diaryl/α,β-unsaturated/α-hetero) is 1. The maximum Gasteiger partial charge on any atom is 0.169 e. The van der Waals surface area contributed by atoms with Crippen molar-refractivity contribution in [2.75, 3.05) is 27.2 Å². The Labute approximate surface area is 223 Å². The summed E-state index contributed by atoms with van der Waals surface area (Å²) in [5, 5.41) is 9.75. The minimum absolute atomic E-state index is 0.0703. The Kier molecular flexibility index (Phi) is 6.22. The zero-order valence-corrected chi connectivity index (χ0v) is 22.1. The van der Waals surface area contributed by atoms with Crippen molar-refractivity contribution in [2.24, 2.45) is 0 Å². The second-order valence-corrected chi connectivity index (χ2v) is 10.5. The van der Waals surface area contributed by atoms with Crippen LogP contribution >= 0.6 is 11.3 Å². The van der Waals surface area contributed by atoms with Crippen LogP contribution in [0.2, 0.25) is 0 Å². The number of carbonyl (C=O) groups is 1. The number of ketones is 1. The fraction of sp³-hybridized carbons (Fsp3) is 0.172. The minimum Gasteiger partial charge on any atom is -0.491 e. The van der Waals surface area contributed by atoms with E-state index in [0.29, 0.717) is 6.61 Å². The van der Waals surface area contributed by atoms with Gasteiger partial charge in [-0.1, -0.05) is 6.07 Å². The van der Waals surface area contributed by atoms with Gasteiger partial charge < -0.3 is 14.6 Å². The molecule has 5 aromatic heterocycles. The molecule has 9 heteroatoms. The molecule has 0 fully saturated rings. The molecule has 0 aliphatic rings. The number of rotatable bonds is 8. The lowest BCUT2D eigenvalue weighted by atomic mass is 10.0. The molecule has 38 heavy (non-hydrogen) atoms. The largest absolute Gasteiger partial charge is 0.491 e. The topological polar surface area (TPSA) is 99.8 Å². The molecule has 0 unspecified atom stereocenters. The van der Waals surface area contributed by atoms with Gasteiger partial charge in [-0.3, -0.25) is 14.9 Å². The molecule has 0 saturated carbocycles. The highest BCUT2D eigenvalue weighted by Crippen LogP contribution is 2.37. The van der Waals surface area contributed by atoms with Gasteiger partial charge in [0, 0.05) is 45.7 Å². The Morgan fingerprint density at radius 1 is 1.03 bits per heavy atom. The number of carbonyl (C=O) groups excluding carboxylic acids is 1. The van der Waals surface area contributed by atoms with E-state index in [1.807, 2.05) is 50.6 Å². The van der Waals surface area contributed by atoms with Gasteiger partial charge in [-0.2, -0.15) is 5.10 Å². The van der Waals surface area contributed by atoms with E-state index in [2.05, 4.69) is 48.2 Å². The summed E-state index contributed by atoms with van der Waals surface area (Å²) >= 11 is 1.49.